The first-order valence-electron chi connectivity index (χ1n) is 17.7. The zero-order valence-electron chi connectivity index (χ0n) is 28.7. The van der Waals surface area contributed by atoms with E-state index in [0.717, 1.165) is 89.7 Å². The fourth-order valence-electron chi connectivity index (χ4n) is 7.72. The average Bonchev–Trinajstić information content (AvgIpc) is 4.05. The molecule has 0 saturated carbocycles. The van der Waals surface area contributed by atoms with E-state index < -0.39 is 11.8 Å². The van der Waals surface area contributed by atoms with Gasteiger partial charge in [0.15, 0.2) is 0 Å². The molecule has 0 amide bonds. The molecule has 8 bridgehead atoms. The molecule has 6 heteroatoms. The summed E-state index contributed by atoms with van der Waals surface area (Å²) in [6.07, 6.45) is 8.72. The van der Waals surface area contributed by atoms with Crippen molar-refractivity contribution in [3.05, 3.63) is 168 Å². The summed E-state index contributed by atoms with van der Waals surface area (Å²) in [5, 5.41) is 20.7. The van der Waals surface area contributed by atoms with Gasteiger partial charge in [-0.1, -0.05) is 121 Å². The number of hydrogen-bond donors (Lipinski definition) is 2. The zero-order valence-corrected chi connectivity index (χ0v) is 28.7. The Labute approximate surface area is 307 Å². The SMILES string of the molecule is N#CC(C#N)C1Cc2[nH]c1c(-c1ccccc1)c1nc(c(-c3ccccc3)c3ccc([nH]3)c(-c3ccccc3)c3nc(c2-c2ccccc2)C=C3)C=C1. The second kappa shape index (κ2) is 13.5. The first kappa shape index (κ1) is 31.7. The molecule has 0 spiro atoms. The smallest absolute Gasteiger partial charge is 0.141 e. The molecule has 250 valence electrons. The van der Waals surface area contributed by atoms with Gasteiger partial charge in [-0.3, -0.25) is 0 Å². The molecule has 0 fully saturated rings. The number of rotatable bonds is 5. The third-order valence-corrected chi connectivity index (χ3v) is 10.1. The Kier molecular flexibility index (Phi) is 8.04. The molecule has 3 aliphatic rings. The van der Waals surface area contributed by atoms with Crippen LogP contribution >= 0.6 is 0 Å². The van der Waals surface area contributed by atoms with Crippen LogP contribution in [0.25, 0.3) is 79.8 Å². The van der Waals surface area contributed by atoms with Gasteiger partial charge in [0, 0.05) is 50.6 Å². The Hall–Kier alpha value is -7.28. The number of fused-ring (bicyclic) bond motifs is 8. The number of nitriles is 2. The van der Waals surface area contributed by atoms with Crippen LogP contribution in [0.15, 0.2) is 133 Å². The van der Waals surface area contributed by atoms with Gasteiger partial charge >= 0.3 is 0 Å². The van der Waals surface area contributed by atoms with E-state index in [9.17, 15) is 10.5 Å². The fraction of sp³-hybridized carbons (Fsp3) is 0.0638. The van der Waals surface area contributed by atoms with Gasteiger partial charge in [0.05, 0.1) is 34.9 Å². The highest BCUT2D eigenvalue weighted by Crippen LogP contribution is 2.43. The fourth-order valence-corrected chi connectivity index (χ4v) is 7.72. The normalized spacial score (nSPS) is 13.8. The van der Waals surface area contributed by atoms with Gasteiger partial charge in [-0.25, -0.2) is 9.97 Å². The quantitative estimate of drug-likeness (QED) is 0.189. The van der Waals surface area contributed by atoms with E-state index in [4.69, 9.17) is 9.97 Å². The van der Waals surface area contributed by atoms with Crippen LogP contribution < -0.4 is 0 Å². The molecule has 53 heavy (non-hydrogen) atoms. The van der Waals surface area contributed by atoms with Crippen LogP contribution in [0.3, 0.4) is 0 Å². The van der Waals surface area contributed by atoms with Crippen molar-refractivity contribution < 1.29 is 0 Å². The minimum atomic E-state index is -0.896. The zero-order chi connectivity index (χ0) is 35.7. The van der Waals surface area contributed by atoms with Crippen LogP contribution in [-0.2, 0) is 6.42 Å². The van der Waals surface area contributed by atoms with Crippen molar-refractivity contribution in [2.24, 2.45) is 5.92 Å². The number of aromatic nitrogens is 4. The number of nitrogens with one attached hydrogen (secondary N) is 2. The van der Waals surface area contributed by atoms with Crippen molar-refractivity contribution >= 4 is 35.3 Å². The highest BCUT2D eigenvalue weighted by atomic mass is 14.8. The Bertz CT molecular complexity index is 2690. The first-order valence-corrected chi connectivity index (χ1v) is 17.7. The number of benzene rings is 4. The van der Waals surface area contributed by atoms with Crippen LogP contribution in [0.4, 0.5) is 0 Å². The van der Waals surface area contributed by atoms with Gasteiger partial charge in [-0.05, 0) is 65.1 Å². The molecule has 6 aromatic rings. The van der Waals surface area contributed by atoms with Crippen molar-refractivity contribution in [2.45, 2.75) is 12.3 Å². The van der Waals surface area contributed by atoms with E-state index >= 15 is 0 Å². The third-order valence-electron chi connectivity index (χ3n) is 10.1. The van der Waals surface area contributed by atoms with E-state index in [1.54, 1.807) is 0 Å². The van der Waals surface area contributed by atoms with Gasteiger partial charge in [-0.15, -0.1) is 0 Å². The summed E-state index contributed by atoms with van der Waals surface area (Å²) in [5.41, 5.74) is 14.5. The molecule has 0 radical (unpaired) electrons. The lowest BCUT2D eigenvalue weighted by molar-refractivity contribution is 0.629. The van der Waals surface area contributed by atoms with Crippen molar-refractivity contribution in [3.63, 3.8) is 0 Å². The summed E-state index contributed by atoms with van der Waals surface area (Å²) >= 11 is 0. The number of H-pyrrole nitrogens is 2. The highest BCUT2D eigenvalue weighted by Gasteiger charge is 2.34. The minimum absolute atomic E-state index is 0.436. The van der Waals surface area contributed by atoms with E-state index in [2.05, 4.69) is 101 Å². The molecule has 9 rings (SSSR count). The molecule has 2 aromatic heterocycles. The van der Waals surface area contributed by atoms with Gasteiger partial charge in [0.2, 0.25) is 0 Å². The lowest BCUT2D eigenvalue weighted by Gasteiger charge is -2.15. The van der Waals surface area contributed by atoms with Gasteiger partial charge < -0.3 is 9.97 Å². The van der Waals surface area contributed by atoms with Crippen LogP contribution in [-0.4, -0.2) is 19.9 Å². The number of aromatic amines is 2. The van der Waals surface area contributed by atoms with Crippen LogP contribution in [0.1, 0.15) is 40.1 Å². The van der Waals surface area contributed by atoms with E-state index in [-0.39, 0.29) is 0 Å². The molecule has 1 unspecified atom stereocenters. The summed E-state index contributed by atoms with van der Waals surface area (Å²) in [6.45, 7) is 0. The predicted octanol–water partition coefficient (Wildman–Crippen LogP) is 11.0. The molecule has 6 nitrogen and oxygen atoms in total. The molecule has 0 saturated heterocycles. The molecule has 1 atom stereocenters. The van der Waals surface area contributed by atoms with Gasteiger partial charge in [-0.2, -0.15) is 10.5 Å². The van der Waals surface area contributed by atoms with Crippen molar-refractivity contribution in [1.82, 2.24) is 19.9 Å². The molecule has 0 aliphatic carbocycles. The third kappa shape index (κ3) is 5.69. The summed E-state index contributed by atoms with van der Waals surface area (Å²) in [7, 11) is 0. The topological polar surface area (TPSA) is 105 Å². The van der Waals surface area contributed by atoms with E-state index in [0.29, 0.717) is 6.42 Å². The maximum Gasteiger partial charge on any atom is 0.141 e. The van der Waals surface area contributed by atoms with Crippen molar-refractivity contribution in [2.75, 3.05) is 0 Å². The van der Waals surface area contributed by atoms with Crippen molar-refractivity contribution in [3.8, 4) is 56.6 Å². The lowest BCUT2D eigenvalue weighted by atomic mass is 9.84. The standard InChI is InChI=1S/C47H32N6/c48-28-34(29-49)35-27-42-45(32-17-9-3-10-18-32)40-24-23-38(51-40)43(30-13-5-1-6-14-30)36-21-22-37(50-36)44(31-15-7-2-8-16-31)39-25-26-41(52-39)46(47(35)53-42)33-19-11-4-12-20-33/h1-26,34-35,50,53H,27H2. The highest BCUT2D eigenvalue weighted by molar-refractivity contribution is 5.96. The summed E-state index contributed by atoms with van der Waals surface area (Å²) < 4.78 is 0. The van der Waals surface area contributed by atoms with Gasteiger partial charge in [0.25, 0.3) is 0 Å². The number of hydrogen-bond acceptors (Lipinski definition) is 4. The Morgan fingerprint density at radius 1 is 0.472 bits per heavy atom. The molecular weight excluding hydrogens is 649 g/mol. The summed E-state index contributed by atoms with van der Waals surface area (Å²) in [6, 6.07) is 49.9. The lowest BCUT2D eigenvalue weighted by Crippen LogP contribution is -2.10. The van der Waals surface area contributed by atoms with Crippen molar-refractivity contribution in [1.29, 1.82) is 10.5 Å². The number of nitrogens with zero attached hydrogens (tertiary/aromatic N) is 4. The monoisotopic (exact) mass is 680 g/mol. The molecule has 5 heterocycles. The average molecular weight is 681 g/mol. The Morgan fingerprint density at radius 2 is 0.849 bits per heavy atom. The molecule has 2 N–H and O–H groups in total. The largest absolute Gasteiger partial charge is 0.361 e. The minimum Gasteiger partial charge on any atom is -0.361 e. The maximum absolute atomic E-state index is 10.4. The second-order valence-corrected chi connectivity index (χ2v) is 13.2. The van der Waals surface area contributed by atoms with E-state index in [1.165, 1.54) is 0 Å². The summed E-state index contributed by atoms with van der Waals surface area (Å²) in [5.74, 6) is -1.33. The Morgan fingerprint density at radius 3 is 1.28 bits per heavy atom. The van der Waals surface area contributed by atoms with Crippen LogP contribution in [0, 0.1) is 28.6 Å². The maximum atomic E-state index is 10.4. The van der Waals surface area contributed by atoms with E-state index in [1.807, 2.05) is 78.9 Å². The molecular formula is C47H32N6. The Balaban J connectivity index is 1.50. The summed E-state index contributed by atoms with van der Waals surface area (Å²) in [4.78, 5) is 18.3. The van der Waals surface area contributed by atoms with Crippen LogP contribution in [0.2, 0.25) is 0 Å². The molecule has 3 aliphatic heterocycles. The second-order valence-electron chi connectivity index (χ2n) is 13.2. The molecule has 4 aromatic carbocycles. The van der Waals surface area contributed by atoms with Gasteiger partial charge in [0.1, 0.15) is 5.92 Å². The predicted molar refractivity (Wildman–Crippen MR) is 213 cm³/mol. The first-order chi connectivity index (χ1) is 26.2. The van der Waals surface area contributed by atoms with Crippen LogP contribution in [0.5, 0.6) is 0 Å².